The average molecular weight is 256 g/mol. The highest BCUT2D eigenvalue weighted by atomic mass is 32.1. The molecule has 1 heterocycles. The molecule has 2 aromatic carbocycles. The molecule has 3 aromatic rings. The molecule has 18 heavy (non-hydrogen) atoms. The van der Waals surface area contributed by atoms with Gasteiger partial charge in [-0.1, -0.05) is 6.07 Å². The minimum absolute atomic E-state index is 0.224. The van der Waals surface area contributed by atoms with Crippen LogP contribution < -0.4 is 5.73 Å². The highest BCUT2D eigenvalue weighted by Crippen LogP contribution is 2.34. The second-order valence-electron chi connectivity index (χ2n) is 4.21. The second kappa shape index (κ2) is 3.99. The lowest BCUT2D eigenvalue weighted by molar-refractivity contribution is 0.480. The van der Waals surface area contributed by atoms with Crippen molar-refractivity contribution in [3.05, 3.63) is 42.0 Å². The number of benzene rings is 2. The molecule has 0 unspecified atom stereocenters. The molecular weight excluding hydrogens is 244 g/mol. The Kier molecular flexibility index (Phi) is 2.45. The van der Waals surface area contributed by atoms with Crippen LogP contribution in [0.25, 0.3) is 20.8 Å². The molecule has 90 valence electrons. The molecule has 0 saturated carbocycles. The number of phenolic OH excluding ortho intramolecular Hbond substituents is 1. The molecule has 0 aliphatic heterocycles. The van der Waals surface area contributed by atoms with E-state index in [0.29, 0.717) is 5.52 Å². The lowest BCUT2D eigenvalue weighted by Crippen LogP contribution is -1.89. The van der Waals surface area contributed by atoms with Crippen LogP contribution in [0, 0.1) is 6.92 Å². The molecule has 3 N–H and O–H groups in total. The lowest BCUT2D eigenvalue weighted by Gasteiger charge is -2.01. The number of hydrogen-bond acceptors (Lipinski definition) is 4. The summed E-state index contributed by atoms with van der Waals surface area (Å²) in [6, 6.07) is 11.3. The Bertz CT molecular complexity index is 734. The fourth-order valence-electron chi connectivity index (χ4n) is 1.87. The maximum atomic E-state index is 9.75. The van der Waals surface area contributed by atoms with Crippen molar-refractivity contribution in [2.24, 2.45) is 0 Å². The van der Waals surface area contributed by atoms with Crippen LogP contribution in [-0.2, 0) is 0 Å². The number of nitrogens with zero attached hydrogens (tertiary/aromatic N) is 1. The number of aryl methyl sites for hydroxylation is 1. The molecule has 0 bridgehead atoms. The summed E-state index contributed by atoms with van der Waals surface area (Å²) in [5.41, 5.74) is 9.32. The lowest BCUT2D eigenvalue weighted by atomic mass is 10.1. The summed E-state index contributed by atoms with van der Waals surface area (Å²) in [5, 5.41) is 10.7. The first kappa shape index (κ1) is 11.0. The monoisotopic (exact) mass is 256 g/mol. The number of fused-ring (bicyclic) bond motifs is 1. The molecule has 3 nitrogen and oxygen atoms in total. The largest absolute Gasteiger partial charge is 0.506 e. The number of phenols is 1. The van der Waals surface area contributed by atoms with Crippen molar-refractivity contribution >= 4 is 27.2 Å². The van der Waals surface area contributed by atoms with Crippen molar-refractivity contribution in [3.63, 3.8) is 0 Å². The van der Waals surface area contributed by atoms with Crippen LogP contribution in [0.3, 0.4) is 0 Å². The van der Waals surface area contributed by atoms with Crippen LogP contribution in [0.2, 0.25) is 0 Å². The number of hydrogen-bond donors (Lipinski definition) is 2. The molecule has 0 aliphatic carbocycles. The van der Waals surface area contributed by atoms with E-state index in [0.717, 1.165) is 26.5 Å². The number of thiazole rings is 1. The van der Waals surface area contributed by atoms with Gasteiger partial charge >= 0.3 is 0 Å². The van der Waals surface area contributed by atoms with E-state index in [1.165, 1.54) is 0 Å². The smallest absolute Gasteiger partial charge is 0.142 e. The van der Waals surface area contributed by atoms with E-state index < -0.39 is 0 Å². The number of aromatic nitrogens is 1. The third-order valence-electron chi connectivity index (χ3n) is 2.91. The van der Waals surface area contributed by atoms with Gasteiger partial charge in [0.1, 0.15) is 16.3 Å². The number of rotatable bonds is 1. The maximum Gasteiger partial charge on any atom is 0.142 e. The minimum Gasteiger partial charge on any atom is -0.506 e. The summed E-state index contributed by atoms with van der Waals surface area (Å²) in [7, 11) is 0. The standard InChI is InChI=1S/C14H12N2OS/c1-8-7-9(5-6-10(8)15)14-16-13-11(17)3-2-4-12(13)18-14/h2-7,17H,15H2,1H3. The second-order valence-corrected chi connectivity index (χ2v) is 5.24. The van der Waals surface area contributed by atoms with Gasteiger partial charge in [-0.2, -0.15) is 0 Å². The topological polar surface area (TPSA) is 59.1 Å². The summed E-state index contributed by atoms with van der Waals surface area (Å²) >= 11 is 1.57. The molecule has 0 amide bonds. The first-order valence-corrected chi connectivity index (χ1v) is 6.42. The number of aromatic hydroxyl groups is 1. The van der Waals surface area contributed by atoms with E-state index in [1.54, 1.807) is 17.4 Å². The zero-order valence-electron chi connectivity index (χ0n) is 9.84. The Labute approximate surface area is 109 Å². The van der Waals surface area contributed by atoms with E-state index in [-0.39, 0.29) is 5.75 Å². The Morgan fingerprint density at radius 2 is 2.06 bits per heavy atom. The van der Waals surface area contributed by atoms with E-state index >= 15 is 0 Å². The van der Waals surface area contributed by atoms with Gasteiger partial charge in [0.2, 0.25) is 0 Å². The summed E-state index contributed by atoms with van der Waals surface area (Å²) in [5.74, 6) is 0.224. The molecule has 0 spiro atoms. The van der Waals surface area contributed by atoms with Crippen molar-refractivity contribution < 1.29 is 5.11 Å². The van der Waals surface area contributed by atoms with Gasteiger partial charge in [-0.25, -0.2) is 4.98 Å². The first-order chi connectivity index (χ1) is 8.65. The van der Waals surface area contributed by atoms with Crippen LogP contribution in [-0.4, -0.2) is 10.1 Å². The molecule has 0 saturated heterocycles. The van der Waals surface area contributed by atoms with Crippen LogP contribution in [0.4, 0.5) is 5.69 Å². The fourth-order valence-corrected chi connectivity index (χ4v) is 2.85. The minimum atomic E-state index is 0.224. The third kappa shape index (κ3) is 1.71. The van der Waals surface area contributed by atoms with Crippen LogP contribution in [0.1, 0.15) is 5.56 Å². The average Bonchev–Trinajstić information content (AvgIpc) is 2.78. The van der Waals surface area contributed by atoms with Crippen molar-refractivity contribution in [2.45, 2.75) is 6.92 Å². The first-order valence-electron chi connectivity index (χ1n) is 5.60. The quantitative estimate of drug-likeness (QED) is 0.654. The summed E-state index contributed by atoms with van der Waals surface area (Å²) in [4.78, 5) is 4.48. The zero-order valence-corrected chi connectivity index (χ0v) is 10.7. The van der Waals surface area contributed by atoms with Crippen molar-refractivity contribution in [1.29, 1.82) is 0 Å². The van der Waals surface area contributed by atoms with Gasteiger partial charge in [-0.3, -0.25) is 0 Å². The maximum absolute atomic E-state index is 9.75. The predicted molar refractivity (Wildman–Crippen MR) is 75.9 cm³/mol. The summed E-state index contributed by atoms with van der Waals surface area (Å²) < 4.78 is 0.986. The van der Waals surface area contributed by atoms with Gasteiger partial charge < -0.3 is 10.8 Å². The molecule has 4 heteroatoms. The Morgan fingerprint density at radius 3 is 2.78 bits per heavy atom. The highest BCUT2D eigenvalue weighted by Gasteiger charge is 2.09. The molecular formula is C14H12N2OS. The van der Waals surface area contributed by atoms with Crippen LogP contribution in [0.15, 0.2) is 36.4 Å². The fraction of sp³-hybridized carbons (Fsp3) is 0.0714. The highest BCUT2D eigenvalue weighted by molar-refractivity contribution is 7.21. The Morgan fingerprint density at radius 1 is 1.22 bits per heavy atom. The molecule has 0 radical (unpaired) electrons. The van der Waals surface area contributed by atoms with E-state index in [2.05, 4.69) is 4.98 Å². The van der Waals surface area contributed by atoms with Gasteiger partial charge in [-0.05, 0) is 42.8 Å². The Hall–Kier alpha value is -2.07. The van der Waals surface area contributed by atoms with E-state index in [1.807, 2.05) is 37.3 Å². The van der Waals surface area contributed by atoms with Gasteiger partial charge in [0.15, 0.2) is 0 Å². The molecule has 0 aliphatic rings. The third-order valence-corrected chi connectivity index (χ3v) is 3.98. The van der Waals surface area contributed by atoms with E-state index in [9.17, 15) is 5.11 Å². The molecule has 1 aromatic heterocycles. The Balaban J connectivity index is 2.19. The van der Waals surface area contributed by atoms with Gasteiger partial charge in [0, 0.05) is 11.3 Å². The van der Waals surface area contributed by atoms with Crippen LogP contribution in [0.5, 0.6) is 5.75 Å². The van der Waals surface area contributed by atoms with Gasteiger partial charge in [-0.15, -0.1) is 11.3 Å². The normalized spacial score (nSPS) is 10.9. The molecule has 0 atom stereocenters. The van der Waals surface area contributed by atoms with E-state index in [4.69, 9.17) is 5.73 Å². The zero-order chi connectivity index (χ0) is 12.7. The van der Waals surface area contributed by atoms with Gasteiger partial charge in [0.05, 0.1) is 4.70 Å². The summed E-state index contributed by atoms with van der Waals surface area (Å²) in [6.45, 7) is 1.98. The van der Waals surface area contributed by atoms with Gasteiger partial charge in [0.25, 0.3) is 0 Å². The SMILES string of the molecule is Cc1cc(-c2nc3c(O)cccc3s2)ccc1N. The van der Waals surface area contributed by atoms with Crippen LogP contribution >= 0.6 is 11.3 Å². The van der Waals surface area contributed by atoms with Crippen molar-refractivity contribution in [2.75, 3.05) is 5.73 Å². The molecule has 0 fully saturated rings. The number of nitrogen functional groups attached to an aromatic ring is 1. The number of para-hydroxylation sites is 1. The summed E-state index contributed by atoms with van der Waals surface area (Å²) in [6.07, 6.45) is 0. The number of nitrogens with two attached hydrogens (primary N) is 1. The van der Waals surface area contributed by atoms with Crippen molar-refractivity contribution in [1.82, 2.24) is 4.98 Å². The van der Waals surface area contributed by atoms with Crippen molar-refractivity contribution in [3.8, 4) is 16.3 Å². The number of anilines is 1. The predicted octanol–water partition coefficient (Wildman–Crippen LogP) is 3.56. The molecule has 3 rings (SSSR count).